The molecule has 1 aromatic heterocycles. The van der Waals surface area contributed by atoms with Gasteiger partial charge in [-0.1, -0.05) is 19.4 Å². The minimum atomic E-state index is -1.14. The highest BCUT2D eigenvalue weighted by molar-refractivity contribution is 5.86. The van der Waals surface area contributed by atoms with E-state index in [9.17, 15) is 9.59 Å². The summed E-state index contributed by atoms with van der Waals surface area (Å²) in [5, 5.41) is 20.4. The lowest BCUT2D eigenvalue weighted by Gasteiger charge is -2.14. The van der Waals surface area contributed by atoms with Crippen LogP contribution < -0.4 is 5.32 Å². The van der Waals surface area contributed by atoms with Crippen molar-refractivity contribution >= 4 is 17.8 Å². The van der Waals surface area contributed by atoms with Crippen molar-refractivity contribution < 1.29 is 19.8 Å². The molecule has 0 radical (unpaired) electrons. The van der Waals surface area contributed by atoms with Crippen LogP contribution >= 0.6 is 0 Å². The molecule has 17 heavy (non-hydrogen) atoms. The molecule has 0 saturated heterocycles. The molecule has 1 aromatic rings. The number of aromatic nitrogens is 1. The maximum atomic E-state index is 10.9. The first kappa shape index (κ1) is 13.0. The molecule has 0 saturated carbocycles. The first-order valence-corrected chi connectivity index (χ1v) is 5.24. The SMILES string of the molecule is CCCC(Nc1cccc(C(=O)O)n1)C(=O)O. The Labute approximate surface area is 98.3 Å². The number of nitrogens with one attached hydrogen (secondary N) is 1. The molecule has 0 aliphatic heterocycles. The van der Waals surface area contributed by atoms with Crippen molar-refractivity contribution in [3.63, 3.8) is 0 Å². The van der Waals surface area contributed by atoms with Crippen LogP contribution in [0.25, 0.3) is 0 Å². The molecule has 1 unspecified atom stereocenters. The summed E-state index contributed by atoms with van der Waals surface area (Å²) in [6, 6.07) is 3.65. The number of anilines is 1. The molecule has 3 N–H and O–H groups in total. The van der Waals surface area contributed by atoms with Crippen LogP contribution in [0.1, 0.15) is 30.3 Å². The fourth-order valence-corrected chi connectivity index (χ4v) is 1.36. The van der Waals surface area contributed by atoms with Crippen molar-refractivity contribution in [1.29, 1.82) is 0 Å². The largest absolute Gasteiger partial charge is 0.480 e. The zero-order chi connectivity index (χ0) is 12.8. The molecule has 1 rings (SSSR count). The van der Waals surface area contributed by atoms with E-state index in [2.05, 4.69) is 10.3 Å². The summed E-state index contributed by atoms with van der Waals surface area (Å²) in [6.07, 6.45) is 1.16. The third-order valence-electron chi connectivity index (χ3n) is 2.17. The van der Waals surface area contributed by atoms with E-state index in [0.29, 0.717) is 12.8 Å². The Hall–Kier alpha value is -2.11. The third-order valence-corrected chi connectivity index (χ3v) is 2.17. The van der Waals surface area contributed by atoms with E-state index < -0.39 is 18.0 Å². The molecule has 1 atom stereocenters. The molecule has 92 valence electrons. The van der Waals surface area contributed by atoms with Gasteiger partial charge >= 0.3 is 11.9 Å². The van der Waals surface area contributed by atoms with E-state index >= 15 is 0 Å². The van der Waals surface area contributed by atoms with Gasteiger partial charge in [-0.2, -0.15) is 0 Å². The van der Waals surface area contributed by atoms with Crippen molar-refractivity contribution in [2.24, 2.45) is 0 Å². The number of carboxylic acid groups (broad SMARTS) is 2. The number of carbonyl (C=O) groups is 2. The predicted octanol–water partition coefficient (Wildman–Crippen LogP) is 1.45. The van der Waals surface area contributed by atoms with Crippen LogP contribution in [0.2, 0.25) is 0 Å². The smallest absolute Gasteiger partial charge is 0.354 e. The predicted molar refractivity (Wildman–Crippen MR) is 61.2 cm³/mol. The van der Waals surface area contributed by atoms with E-state index in [0.717, 1.165) is 0 Å². The highest BCUT2D eigenvalue weighted by Gasteiger charge is 2.16. The zero-order valence-corrected chi connectivity index (χ0v) is 9.38. The lowest BCUT2D eigenvalue weighted by Crippen LogP contribution is -2.29. The summed E-state index contributed by atoms with van der Waals surface area (Å²) in [5.74, 6) is -1.86. The number of aromatic carboxylic acids is 1. The van der Waals surface area contributed by atoms with E-state index in [1.54, 1.807) is 0 Å². The number of nitrogens with zero attached hydrogens (tertiary/aromatic N) is 1. The minimum Gasteiger partial charge on any atom is -0.480 e. The van der Waals surface area contributed by atoms with Gasteiger partial charge in [-0.3, -0.25) is 0 Å². The van der Waals surface area contributed by atoms with Gasteiger partial charge < -0.3 is 15.5 Å². The average Bonchev–Trinajstić information content (AvgIpc) is 2.28. The van der Waals surface area contributed by atoms with Crippen molar-refractivity contribution in [2.45, 2.75) is 25.8 Å². The van der Waals surface area contributed by atoms with Crippen molar-refractivity contribution in [2.75, 3.05) is 5.32 Å². The van der Waals surface area contributed by atoms with Gasteiger partial charge in [0.2, 0.25) is 0 Å². The number of carboxylic acids is 2. The van der Waals surface area contributed by atoms with Crippen molar-refractivity contribution in [3.8, 4) is 0 Å². The second-order valence-electron chi connectivity index (χ2n) is 3.54. The number of aliphatic carboxylic acids is 1. The van der Waals surface area contributed by atoms with Crippen LogP contribution in [0.3, 0.4) is 0 Å². The maximum absolute atomic E-state index is 10.9. The molecule has 1 heterocycles. The summed E-state index contributed by atoms with van der Waals surface area (Å²) >= 11 is 0. The van der Waals surface area contributed by atoms with E-state index in [4.69, 9.17) is 10.2 Å². The molecule has 0 aliphatic rings. The Morgan fingerprint density at radius 1 is 1.41 bits per heavy atom. The number of rotatable bonds is 6. The lowest BCUT2D eigenvalue weighted by atomic mass is 10.1. The van der Waals surface area contributed by atoms with Crippen LogP contribution in [-0.4, -0.2) is 33.2 Å². The summed E-state index contributed by atoms with van der Waals surface area (Å²) in [4.78, 5) is 25.4. The van der Waals surface area contributed by atoms with Crippen LogP contribution in [0.5, 0.6) is 0 Å². The van der Waals surface area contributed by atoms with Crippen LogP contribution in [-0.2, 0) is 4.79 Å². The third kappa shape index (κ3) is 3.75. The second-order valence-corrected chi connectivity index (χ2v) is 3.54. The Balaban J connectivity index is 2.82. The Bertz CT molecular complexity index is 420. The average molecular weight is 238 g/mol. The highest BCUT2D eigenvalue weighted by Crippen LogP contribution is 2.09. The summed E-state index contributed by atoms with van der Waals surface area (Å²) in [7, 11) is 0. The molecule has 6 heteroatoms. The number of hydrogen-bond acceptors (Lipinski definition) is 4. The van der Waals surface area contributed by atoms with Crippen molar-refractivity contribution in [3.05, 3.63) is 23.9 Å². The Morgan fingerprint density at radius 2 is 2.12 bits per heavy atom. The van der Waals surface area contributed by atoms with E-state index in [1.807, 2.05) is 6.92 Å². The Morgan fingerprint density at radius 3 is 2.65 bits per heavy atom. The maximum Gasteiger partial charge on any atom is 0.354 e. The Kier molecular flexibility index (Phi) is 4.45. The summed E-state index contributed by atoms with van der Waals surface area (Å²) in [5.41, 5.74) is -0.115. The monoisotopic (exact) mass is 238 g/mol. The molecule has 0 fully saturated rings. The fourth-order valence-electron chi connectivity index (χ4n) is 1.36. The normalized spacial score (nSPS) is 11.8. The van der Waals surface area contributed by atoms with Crippen LogP contribution in [0.4, 0.5) is 5.82 Å². The fraction of sp³-hybridized carbons (Fsp3) is 0.364. The molecule has 0 aliphatic carbocycles. The molecule has 0 bridgehead atoms. The first-order chi connectivity index (χ1) is 8.04. The molecular formula is C11H14N2O4. The standard InChI is InChI=1S/C11H14N2O4/c1-2-4-7(10(14)15)12-9-6-3-5-8(13-9)11(16)17/h3,5-7H,2,4H2,1H3,(H,12,13)(H,14,15)(H,16,17). The van der Waals surface area contributed by atoms with E-state index in [1.165, 1.54) is 18.2 Å². The number of pyridine rings is 1. The van der Waals surface area contributed by atoms with E-state index in [-0.39, 0.29) is 11.5 Å². The molecule has 6 nitrogen and oxygen atoms in total. The molecule has 0 aromatic carbocycles. The van der Waals surface area contributed by atoms with Gasteiger partial charge in [-0.15, -0.1) is 0 Å². The van der Waals surface area contributed by atoms with Gasteiger partial charge in [-0.05, 0) is 18.6 Å². The lowest BCUT2D eigenvalue weighted by molar-refractivity contribution is -0.138. The first-order valence-electron chi connectivity index (χ1n) is 5.24. The van der Waals surface area contributed by atoms with Gasteiger partial charge in [0.05, 0.1) is 0 Å². The van der Waals surface area contributed by atoms with Gasteiger partial charge in [0, 0.05) is 0 Å². The quantitative estimate of drug-likeness (QED) is 0.693. The van der Waals surface area contributed by atoms with Gasteiger partial charge in [-0.25, -0.2) is 14.6 Å². The second kappa shape index (κ2) is 5.83. The van der Waals surface area contributed by atoms with Crippen molar-refractivity contribution in [1.82, 2.24) is 4.98 Å². The summed E-state index contributed by atoms with van der Waals surface area (Å²) < 4.78 is 0. The topological polar surface area (TPSA) is 99.5 Å². The summed E-state index contributed by atoms with van der Waals surface area (Å²) in [6.45, 7) is 1.87. The van der Waals surface area contributed by atoms with Gasteiger partial charge in [0.15, 0.2) is 5.69 Å². The molecular weight excluding hydrogens is 224 g/mol. The minimum absolute atomic E-state index is 0.115. The van der Waals surface area contributed by atoms with Crippen LogP contribution in [0.15, 0.2) is 18.2 Å². The highest BCUT2D eigenvalue weighted by atomic mass is 16.4. The molecule has 0 spiro atoms. The van der Waals surface area contributed by atoms with Gasteiger partial charge in [0.1, 0.15) is 11.9 Å². The van der Waals surface area contributed by atoms with Gasteiger partial charge in [0.25, 0.3) is 0 Å². The number of hydrogen-bond donors (Lipinski definition) is 3. The van der Waals surface area contributed by atoms with Crippen LogP contribution in [0, 0.1) is 0 Å². The zero-order valence-electron chi connectivity index (χ0n) is 9.38. The molecule has 0 amide bonds.